The maximum absolute atomic E-state index is 15.4. The van der Waals surface area contributed by atoms with Crippen LogP contribution in [0.15, 0.2) is 47.8 Å². The molecule has 0 radical (unpaired) electrons. The lowest BCUT2D eigenvalue weighted by Crippen LogP contribution is -2.47. The highest BCUT2D eigenvalue weighted by atomic mass is 35.5. The minimum absolute atomic E-state index is 0.0326. The van der Waals surface area contributed by atoms with Gasteiger partial charge in [-0.25, -0.2) is 12.8 Å². The van der Waals surface area contributed by atoms with Gasteiger partial charge in [0.15, 0.2) is 5.82 Å². The van der Waals surface area contributed by atoms with E-state index in [-0.39, 0.29) is 12.2 Å². The fourth-order valence-corrected chi connectivity index (χ4v) is 6.44. The first-order chi connectivity index (χ1) is 14.9. The van der Waals surface area contributed by atoms with Gasteiger partial charge in [-0.3, -0.25) is 4.79 Å². The number of anilines is 1. The first kappa shape index (κ1) is 22.2. The fourth-order valence-electron chi connectivity index (χ4n) is 3.98. The Kier molecular flexibility index (Phi) is 6.62. The van der Waals surface area contributed by atoms with Gasteiger partial charge in [-0.1, -0.05) is 43.2 Å². The number of thiophene rings is 1. The van der Waals surface area contributed by atoms with Gasteiger partial charge in [0.05, 0.1) is 5.69 Å². The van der Waals surface area contributed by atoms with Crippen molar-refractivity contribution >= 4 is 54.6 Å². The van der Waals surface area contributed by atoms with Crippen molar-refractivity contribution in [3.05, 3.63) is 53.7 Å². The highest BCUT2D eigenvalue weighted by Gasteiger charge is 2.35. The van der Waals surface area contributed by atoms with Crippen molar-refractivity contribution < 1.29 is 17.6 Å². The van der Waals surface area contributed by atoms with Crippen LogP contribution in [0, 0.1) is 5.82 Å². The van der Waals surface area contributed by atoms with Crippen molar-refractivity contribution in [2.24, 2.45) is 0 Å². The molecular weight excluding hydrogens is 459 g/mol. The van der Waals surface area contributed by atoms with Gasteiger partial charge in [-0.2, -0.15) is 4.31 Å². The molecule has 1 atom stereocenters. The first-order valence-electron chi connectivity index (χ1n) is 10.0. The van der Waals surface area contributed by atoms with Gasteiger partial charge in [0, 0.05) is 27.8 Å². The number of carbonyl (C=O) groups is 1. The number of hydrogen-bond donors (Lipinski definition) is 1. The fraction of sp³-hybridized carbons (Fsp3) is 0.318. The molecule has 31 heavy (non-hydrogen) atoms. The monoisotopic (exact) mass is 480 g/mol. The largest absolute Gasteiger partial charge is 0.322 e. The second-order valence-electron chi connectivity index (χ2n) is 7.50. The smallest absolute Gasteiger partial charge is 0.242 e. The second kappa shape index (κ2) is 9.24. The summed E-state index contributed by atoms with van der Waals surface area (Å²) in [6.07, 6.45) is 2.58. The number of alkyl halides is 1. The molecule has 2 heterocycles. The predicted molar refractivity (Wildman–Crippen MR) is 124 cm³/mol. The minimum Gasteiger partial charge on any atom is -0.322 e. The van der Waals surface area contributed by atoms with E-state index >= 15 is 4.39 Å². The van der Waals surface area contributed by atoms with Crippen molar-refractivity contribution in [2.75, 3.05) is 17.1 Å². The molecule has 1 aromatic heterocycles. The summed E-state index contributed by atoms with van der Waals surface area (Å²) < 4.78 is 42.4. The summed E-state index contributed by atoms with van der Waals surface area (Å²) >= 11 is 7.17. The van der Waals surface area contributed by atoms with Gasteiger partial charge < -0.3 is 5.32 Å². The number of sulfonamides is 1. The van der Waals surface area contributed by atoms with Gasteiger partial charge in [0.2, 0.25) is 15.9 Å². The molecule has 1 aliphatic heterocycles. The Bertz CT molecular complexity index is 1210. The van der Waals surface area contributed by atoms with Gasteiger partial charge in [-0.15, -0.1) is 22.9 Å². The Morgan fingerprint density at radius 1 is 1.13 bits per heavy atom. The standard InChI is InChI=1S/C22H22ClFN2O3S2/c23-14-31(28,29)26-12-5-1-2-10-19(26)22(27)25-18-9-6-8-16(21(18)24)17-13-30-20-11-4-3-7-15(17)20/h3-4,6-9,11,13,19H,1-2,5,10,12,14H2,(H,25,27). The number of amides is 1. The predicted octanol–water partition coefficient (Wildman–Crippen LogP) is 5.42. The molecule has 1 saturated heterocycles. The van der Waals surface area contributed by atoms with Gasteiger partial charge in [0.1, 0.15) is 11.3 Å². The van der Waals surface area contributed by atoms with Crippen LogP contribution in [0.3, 0.4) is 0 Å². The van der Waals surface area contributed by atoms with Crippen molar-refractivity contribution in [1.29, 1.82) is 0 Å². The maximum Gasteiger partial charge on any atom is 0.242 e. The van der Waals surface area contributed by atoms with Gasteiger partial charge in [-0.05, 0) is 30.4 Å². The number of halogens is 2. The maximum atomic E-state index is 15.4. The highest BCUT2D eigenvalue weighted by molar-refractivity contribution is 7.90. The topological polar surface area (TPSA) is 66.5 Å². The van der Waals surface area contributed by atoms with Crippen LogP contribution in [-0.4, -0.2) is 36.4 Å². The van der Waals surface area contributed by atoms with Crippen LogP contribution in [0.2, 0.25) is 0 Å². The molecule has 164 valence electrons. The molecule has 0 bridgehead atoms. The van der Waals surface area contributed by atoms with Crippen LogP contribution in [0.5, 0.6) is 0 Å². The van der Waals surface area contributed by atoms with Crippen molar-refractivity contribution in [3.8, 4) is 11.1 Å². The summed E-state index contributed by atoms with van der Waals surface area (Å²) in [5, 5.41) is 4.87. The lowest BCUT2D eigenvalue weighted by atomic mass is 10.0. The highest BCUT2D eigenvalue weighted by Crippen LogP contribution is 2.37. The number of rotatable bonds is 5. The summed E-state index contributed by atoms with van der Waals surface area (Å²) in [6.45, 7) is 0.233. The summed E-state index contributed by atoms with van der Waals surface area (Å²) in [6, 6.07) is 11.7. The Balaban J connectivity index is 1.65. The molecule has 1 amide bonds. The van der Waals surface area contributed by atoms with E-state index in [2.05, 4.69) is 5.32 Å². The average Bonchev–Trinajstić information content (AvgIpc) is 3.02. The molecule has 3 aromatic rings. The van der Waals surface area contributed by atoms with Crippen LogP contribution in [0.1, 0.15) is 25.7 Å². The van der Waals surface area contributed by atoms with Crippen LogP contribution in [0.4, 0.5) is 10.1 Å². The van der Waals surface area contributed by atoms with E-state index in [4.69, 9.17) is 11.6 Å². The number of benzene rings is 2. The second-order valence-corrected chi connectivity index (χ2v) is 10.9. The number of carbonyl (C=O) groups excluding carboxylic acids is 1. The molecular formula is C22H22ClFN2O3S2. The third-order valence-electron chi connectivity index (χ3n) is 5.53. The zero-order valence-corrected chi connectivity index (χ0v) is 19.1. The van der Waals surface area contributed by atoms with E-state index in [1.165, 1.54) is 17.4 Å². The summed E-state index contributed by atoms with van der Waals surface area (Å²) in [4.78, 5) is 13.0. The van der Waals surface area contributed by atoms with Crippen LogP contribution in [0.25, 0.3) is 21.2 Å². The van der Waals surface area contributed by atoms with E-state index in [0.717, 1.165) is 32.8 Å². The van der Waals surface area contributed by atoms with Crippen molar-refractivity contribution in [2.45, 2.75) is 31.7 Å². The molecule has 0 aliphatic carbocycles. The zero-order valence-electron chi connectivity index (χ0n) is 16.7. The molecule has 1 fully saturated rings. The van der Waals surface area contributed by atoms with E-state index in [1.54, 1.807) is 12.1 Å². The van der Waals surface area contributed by atoms with Crippen LogP contribution in [-0.2, 0) is 14.8 Å². The summed E-state index contributed by atoms with van der Waals surface area (Å²) in [5.41, 5.74) is 1.18. The van der Waals surface area contributed by atoms with Crippen molar-refractivity contribution in [3.63, 3.8) is 0 Å². The Morgan fingerprint density at radius 2 is 1.94 bits per heavy atom. The quantitative estimate of drug-likeness (QED) is 0.496. The molecule has 5 nitrogen and oxygen atoms in total. The Hall–Kier alpha value is -2.00. The molecule has 0 spiro atoms. The minimum atomic E-state index is -3.76. The molecule has 1 aliphatic rings. The lowest BCUT2D eigenvalue weighted by molar-refractivity contribution is -0.119. The van der Waals surface area contributed by atoms with Gasteiger partial charge in [0.25, 0.3) is 0 Å². The number of nitrogens with one attached hydrogen (secondary N) is 1. The third kappa shape index (κ3) is 4.48. The third-order valence-corrected chi connectivity index (χ3v) is 8.75. The Labute approximate surface area is 189 Å². The normalized spacial score (nSPS) is 18.1. The Morgan fingerprint density at radius 3 is 2.74 bits per heavy atom. The SMILES string of the molecule is O=C(Nc1cccc(-c2csc3ccccc23)c1F)C1CCCCCN1S(=O)(=O)CCl. The average molecular weight is 481 g/mol. The number of fused-ring (bicyclic) bond motifs is 1. The van der Waals surface area contributed by atoms with Crippen LogP contribution < -0.4 is 5.32 Å². The number of hydrogen-bond acceptors (Lipinski definition) is 4. The molecule has 1 N–H and O–H groups in total. The number of nitrogens with zero attached hydrogens (tertiary/aromatic N) is 1. The molecule has 2 aromatic carbocycles. The van der Waals surface area contributed by atoms with E-state index < -0.39 is 33.0 Å². The molecule has 1 unspecified atom stereocenters. The first-order valence-corrected chi connectivity index (χ1v) is 13.1. The van der Waals surface area contributed by atoms with Gasteiger partial charge >= 0.3 is 0 Å². The van der Waals surface area contributed by atoms with E-state index in [1.807, 2.05) is 29.6 Å². The zero-order chi connectivity index (χ0) is 22.0. The van der Waals surface area contributed by atoms with E-state index in [9.17, 15) is 13.2 Å². The van der Waals surface area contributed by atoms with E-state index in [0.29, 0.717) is 18.4 Å². The molecule has 0 saturated carbocycles. The summed E-state index contributed by atoms with van der Waals surface area (Å²) in [7, 11) is -3.76. The van der Waals surface area contributed by atoms with Crippen LogP contribution >= 0.6 is 22.9 Å². The van der Waals surface area contributed by atoms with Crippen molar-refractivity contribution in [1.82, 2.24) is 4.31 Å². The lowest BCUT2D eigenvalue weighted by Gasteiger charge is -2.27. The summed E-state index contributed by atoms with van der Waals surface area (Å²) in [5.74, 6) is -1.08. The molecule has 4 rings (SSSR count). The molecule has 9 heteroatoms.